The van der Waals surface area contributed by atoms with Crippen molar-refractivity contribution in [2.45, 2.75) is 17.6 Å². The molecular weight excluding hydrogens is 258 g/mol. The largest absolute Gasteiger partial charge is 0.487 e. The predicted molar refractivity (Wildman–Crippen MR) is 63.6 cm³/mol. The second-order valence-corrected chi connectivity index (χ2v) is 5.64. The Kier molecular flexibility index (Phi) is 3.58. The SMILES string of the molecule is CC1(COc2ccccc2S(N)(=O)=O)OCCO1. The van der Waals surface area contributed by atoms with Crippen LogP contribution in [0.15, 0.2) is 29.2 Å². The number of benzene rings is 1. The maximum atomic E-state index is 11.4. The van der Waals surface area contributed by atoms with Crippen molar-refractivity contribution in [1.29, 1.82) is 0 Å². The first kappa shape index (κ1) is 13.3. The maximum absolute atomic E-state index is 11.4. The number of hydrogen-bond donors (Lipinski definition) is 1. The quantitative estimate of drug-likeness (QED) is 0.861. The van der Waals surface area contributed by atoms with Gasteiger partial charge in [-0.1, -0.05) is 12.1 Å². The van der Waals surface area contributed by atoms with Gasteiger partial charge in [0.1, 0.15) is 17.3 Å². The highest BCUT2D eigenvalue weighted by molar-refractivity contribution is 7.89. The molecule has 2 rings (SSSR count). The van der Waals surface area contributed by atoms with E-state index < -0.39 is 15.8 Å². The number of sulfonamides is 1. The van der Waals surface area contributed by atoms with Crippen molar-refractivity contribution in [1.82, 2.24) is 0 Å². The van der Waals surface area contributed by atoms with Crippen molar-refractivity contribution in [3.05, 3.63) is 24.3 Å². The first-order chi connectivity index (χ1) is 8.41. The molecule has 1 saturated heterocycles. The molecule has 0 aliphatic carbocycles. The summed E-state index contributed by atoms with van der Waals surface area (Å²) < 4.78 is 38.9. The molecule has 1 aliphatic rings. The zero-order valence-corrected chi connectivity index (χ0v) is 10.8. The van der Waals surface area contributed by atoms with Gasteiger partial charge >= 0.3 is 0 Å². The summed E-state index contributed by atoms with van der Waals surface area (Å²) in [6.07, 6.45) is 0. The number of ether oxygens (including phenoxy) is 3. The number of nitrogens with two attached hydrogens (primary N) is 1. The van der Waals surface area contributed by atoms with E-state index in [9.17, 15) is 8.42 Å². The molecule has 0 aromatic heterocycles. The minimum atomic E-state index is -3.81. The molecule has 100 valence electrons. The lowest BCUT2D eigenvalue weighted by Gasteiger charge is -2.22. The fraction of sp³-hybridized carbons (Fsp3) is 0.455. The van der Waals surface area contributed by atoms with Crippen LogP contribution in [0.2, 0.25) is 0 Å². The molecule has 1 aliphatic heterocycles. The van der Waals surface area contributed by atoms with Gasteiger partial charge in [0.2, 0.25) is 10.0 Å². The van der Waals surface area contributed by atoms with Crippen LogP contribution in [0.5, 0.6) is 5.75 Å². The summed E-state index contributed by atoms with van der Waals surface area (Å²) >= 11 is 0. The van der Waals surface area contributed by atoms with Gasteiger partial charge < -0.3 is 14.2 Å². The topological polar surface area (TPSA) is 87.9 Å². The van der Waals surface area contributed by atoms with Gasteiger partial charge in [0, 0.05) is 0 Å². The Balaban J connectivity index is 2.15. The molecular formula is C11H15NO5S. The van der Waals surface area contributed by atoms with Crippen molar-refractivity contribution in [3.8, 4) is 5.75 Å². The monoisotopic (exact) mass is 273 g/mol. The number of hydrogen-bond acceptors (Lipinski definition) is 5. The number of rotatable bonds is 4. The molecule has 2 N–H and O–H groups in total. The second kappa shape index (κ2) is 4.85. The second-order valence-electron chi connectivity index (χ2n) is 4.11. The summed E-state index contributed by atoms with van der Waals surface area (Å²) in [5, 5.41) is 5.10. The lowest BCUT2D eigenvalue weighted by Crippen LogP contribution is -2.33. The highest BCUT2D eigenvalue weighted by atomic mass is 32.2. The molecule has 1 fully saturated rings. The van der Waals surface area contributed by atoms with Crippen LogP contribution >= 0.6 is 0 Å². The fourth-order valence-corrected chi connectivity index (χ4v) is 2.33. The molecule has 7 heteroatoms. The van der Waals surface area contributed by atoms with Crippen molar-refractivity contribution >= 4 is 10.0 Å². The van der Waals surface area contributed by atoms with Crippen LogP contribution in [-0.2, 0) is 19.5 Å². The molecule has 0 bridgehead atoms. The minimum absolute atomic E-state index is 0.0494. The molecule has 18 heavy (non-hydrogen) atoms. The highest BCUT2D eigenvalue weighted by Gasteiger charge is 2.32. The molecule has 1 aromatic rings. The molecule has 6 nitrogen and oxygen atoms in total. The van der Waals surface area contributed by atoms with Crippen LogP contribution in [-0.4, -0.2) is 34.0 Å². The Hall–Kier alpha value is -1.15. The average molecular weight is 273 g/mol. The Morgan fingerprint density at radius 1 is 1.33 bits per heavy atom. The highest BCUT2D eigenvalue weighted by Crippen LogP contribution is 2.25. The predicted octanol–water partition coefficient (Wildman–Crippen LogP) is 0.476. The molecule has 1 aromatic carbocycles. The molecule has 0 amide bonds. The third-order valence-corrected chi connectivity index (χ3v) is 3.49. The van der Waals surface area contributed by atoms with Crippen molar-refractivity contribution in [2.24, 2.45) is 5.14 Å². The Labute approximate surface area is 106 Å². The first-order valence-corrected chi connectivity index (χ1v) is 6.98. The molecule has 1 heterocycles. The van der Waals surface area contributed by atoms with Gasteiger partial charge in [-0.15, -0.1) is 0 Å². The third kappa shape index (κ3) is 2.99. The van der Waals surface area contributed by atoms with E-state index in [0.29, 0.717) is 13.2 Å². The van der Waals surface area contributed by atoms with Gasteiger partial charge in [-0.2, -0.15) is 0 Å². The minimum Gasteiger partial charge on any atom is -0.487 e. The smallest absolute Gasteiger partial charge is 0.241 e. The molecule has 0 atom stereocenters. The summed E-state index contributed by atoms with van der Waals surface area (Å²) in [5.74, 6) is -0.647. The zero-order chi connectivity index (χ0) is 13.2. The molecule has 0 radical (unpaired) electrons. The van der Waals surface area contributed by atoms with Crippen LogP contribution in [0.1, 0.15) is 6.92 Å². The van der Waals surface area contributed by atoms with Crippen molar-refractivity contribution in [3.63, 3.8) is 0 Å². The maximum Gasteiger partial charge on any atom is 0.241 e. The van der Waals surface area contributed by atoms with Crippen LogP contribution in [0.4, 0.5) is 0 Å². The van der Waals surface area contributed by atoms with E-state index in [4.69, 9.17) is 19.3 Å². The lowest BCUT2D eigenvalue weighted by atomic mass is 10.3. The van der Waals surface area contributed by atoms with Gasteiger partial charge in [0.15, 0.2) is 5.79 Å². The number of primary sulfonamides is 1. The van der Waals surface area contributed by atoms with Crippen LogP contribution in [0, 0.1) is 0 Å². The average Bonchev–Trinajstić information content (AvgIpc) is 2.73. The Morgan fingerprint density at radius 2 is 1.94 bits per heavy atom. The fourth-order valence-electron chi connectivity index (χ4n) is 1.65. The normalized spacial score (nSPS) is 18.8. The van der Waals surface area contributed by atoms with Gasteiger partial charge in [-0.25, -0.2) is 13.6 Å². The third-order valence-electron chi connectivity index (χ3n) is 2.54. The van der Waals surface area contributed by atoms with E-state index in [0.717, 1.165) is 0 Å². The van der Waals surface area contributed by atoms with E-state index in [2.05, 4.69) is 0 Å². The van der Waals surface area contributed by atoms with Gasteiger partial charge in [0.05, 0.1) is 13.2 Å². The van der Waals surface area contributed by atoms with E-state index in [-0.39, 0.29) is 17.3 Å². The van der Waals surface area contributed by atoms with Gasteiger partial charge in [0.25, 0.3) is 0 Å². The molecule has 0 spiro atoms. The van der Waals surface area contributed by atoms with Gasteiger partial charge in [-0.3, -0.25) is 0 Å². The summed E-state index contributed by atoms with van der Waals surface area (Å²) in [4.78, 5) is -0.0494. The van der Waals surface area contributed by atoms with Crippen LogP contribution in [0.25, 0.3) is 0 Å². The van der Waals surface area contributed by atoms with Crippen molar-refractivity contribution < 1.29 is 22.6 Å². The van der Waals surface area contributed by atoms with Gasteiger partial charge in [-0.05, 0) is 19.1 Å². The first-order valence-electron chi connectivity index (χ1n) is 5.43. The Morgan fingerprint density at radius 3 is 2.56 bits per heavy atom. The molecule has 0 unspecified atom stereocenters. The summed E-state index contributed by atoms with van der Waals surface area (Å²) in [6, 6.07) is 6.18. The van der Waals surface area contributed by atoms with Crippen LogP contribution < -0.4 is 9.88 Å². The summed E-state index contributed by atoms with van der Waals surface area (Å²) in [7, 11) is -3.81. The Bertz CT molecular complexity index is 522. The van der Waals surface area contributed by atoms with E-state index in [1.807, 2.05) is 0 Å². The van der Waals surface area contributed by atoms with E-state index in [1.165, 1.54) is 12.1 Å². The van der Waals surface area contributed by atoms with Crippen LogP contribution in [0.3, 0.4) is 0 Å². The number of para-hydroxylation sites is 1. The summed E-state index contributed by atoms with van der Waals surface area (Å²) in [6.45, 7) is 2.83. The van der Waals surface area contributed by atoms with E-state index in [1.54, 1.807) is 19.1 Å². The van der Waals surface area contributed by atoms with E-state index >= 15 is 0 Å². The van der Waals surface area contributed by atoms with Crippen molar-refractivity contribution in [2.75, 3.05) is 19.8 Å². The lowest BCUT2D eigenvalue weighted by molar-refractivity contribution is -0.162. The summed E-state index contributed by atoms with van der Waals surface area (Å²) in [5.41, 5.74) is 0. The zero-order valence-electron chi connectivity index (χ0n) is 9.96. The standard InChI is InChI=1S/C11H15NO5S/c1-11(16-6-7-17-11)8-15-9-4-2-3-5-10(9)18(12,13)14/h2-5H,6-8H2,1H3,(H2,12,13,14). The molecule has 0 saturated carbocycles.